The van der Waals surface area contributed by atoms with Gasteiger partial charge in [0.15, 0.2) is 0 Å². The first-order valence-corrected chi connectivity index (χ1v) is 7.12. The first kappa shape index (κ1) is 14.9. The van der Waals surface area contributed by atoms with E-state index in [0.717, 1.165) is 32.2 Å². The Labute approximate surface area is 107 Å². The largest absolute Gasteiger partial charge is 0.377 e. The minimum Gasteiger partial charge on any atom is -0.377 e. The summed E-state index contributed by atoms with van der Waals surface area (Å²) in [6.07, 6.45) is 5.41. The molecule has 1 fully saturated rings. The van der Waals surface area contributed by atoms with E-state index < -0.39 is 0 Å². The summed E-state index contributed by atoms with van der Waals surface area (Å²) in [4.78, 5) is 2.40. The van der Waals surface area contributed by atoms with E-state index in [1.807, 2.05) is 0 Å². The van der Waals surface area contributed by atoms with Crippen LogP contribution in [0.25, 0.3) is 0 Å². The highest BCUT2D eigenvalue weighted by atomic mass is 16.5. The Morgan fingerprint density at radius 3 is 2.71 bits per heavy atom. The number of nitrogens with two attached hydrogens (primary N) is 1. The monoisotopic (exact) mass is 242 g/mol. The molecule has 17 heavy (non-hydrogen) atoms. The van der Waals surface area contributed by atoms with Crippen molar-refractivity contribution in [2.24, 2.45) is 17.6 Å². The maximum atomic E-state index is 5.83. The number of hydrogen-bond donors (Lipinski definition) is 1. The van der Waals surface area contributed by atoms with Crippen LogP contribution in [0.1, 0.15) is 39.5 Å². The topological polar surface area (TPSA) is 38.5 Å². The van der Waals surface area contributed by atoms with Crippen LogP contribution in [-0.2, 0) is 4.74 Å². The molecule has 0 saturated carbocycles. The maximum absolute atomic E-state index is 5.83. The molecule has 1 heterocycles. The normalized spacial score (nSPS) is 22.6. The van der Waals surface area contributed by atoms with Crippen LogP contribution >= 0.6 is 0 Å². The van der Waals surface area contributed by atoms with Gasteiger partial charge >= 0.3 is 0 Å². The van der Waals surface area contributed by atoms with Crippen LogP contribution < -0.4 is 5.73 Å². The van der Waals surface area contributed by atoms with Crippen LogP contribution in [0.4, 0.5) is 0 Å². The summed E-state index contributed by atoms with van der Waals surface area (Å²) in [6.45, 7) is 8.56. The van der Waals surface area contributed by atoms with Gasteiger partial charge in [-0.05, 0) is 57.7 Å². The number of nitrogens with zero attached hydrogens (tertiary/aromatic N) is 1. The van der Waals surface area contributed by atoms with E-state index in [1.54, 1.807) is 0 Å². The van der Waals surface area contributed by atoms with E-state index in [2.05, 4.69) is 25.8 Å². The predicted octanol–water partition coefficient (Wildman–Crippen LogP) is 2.11. The van der Waals surface area contributed by atoms with Gasteiger partial charge in [-0.15, -0.1) is 0 Å². The van der Waals surface area contributed by atoms with Crippen LogP contribution in [0.2, 0.25) is 0 Å². The van der Waals surface area contributed by atoms with Crippen molar-refractivity contribution in [1.82, 2.24) is 4.90 Å². The van der Waals surface area contributed by atoms with Gasteiger partial charge < -0.3 is 15.4 Å². The van der Waals surface area contributed by atoms with Crippen molar-refractivity contribution < 1.29 is 4.74 Å². The smallest absolute Gasteiger partial charge is 0.0702 e. The van der Waals surface area contributed by atoms with Gasteiger partial charge in [-0.1, -0.05) is 13.8 Å². The quantitative estimate of drug-likeness (QED) is 0.708. The summed E-state index contributed by atoms with van der Waals surface area (Å²) in [5.74, 6) is 1.44. The second-order valence-corrected chi connectivity index (χ2v) is 5.92. The summed E-state index contributed by atoms with van der Waals surface area (Å²) in [5.41, 5.74) is 5.83. The molecule has 0 aromatic rings. The Morgan fingerprint density at radius 2 is 2.18 bits per heavy atom. The number of rotatable bonds is 8. The van der Waals surface area contributed by atoms with Gasteiger partial charge in [0.1, 0.15) is 0 Å². The average Bonchev–Trinajstić information content (AvgIpc) is 2.76. The summed E-state index contributed by atoms with van der Waals surface area (Å²) in [7, 11) is 2.20. The molecule has 0 aromatic heterocycles. The molecule has 0 bridgehead atoms. The molecule has 2 N–H and O–H groups in total. The minimum atomic E-state index is 0.474. The molecule has 0 aliphatic carbocycles. The highest BCUT2D eigenvalue weighted by molar-refractivity contribution is 4.70. The number of ether oxygens (including phenoxy) is 1. The van der Waals surface area contributed by atoms with Crippen LogP contribution in [0.5, 0.6) is 0 Å². The van der Waals surface area contributed by atoms with Crippen LogP contribution in [0, 0.1) is 11.8 Å². The molecule has 1 rings (SSSR count). The fourth-order valence-electron chi connectivity index (χ4n) is 2.63. The zero-order valence-electron chi connectivity index (χ0n) is 11.8. The molecule has 102 valence electrons. The van der Waals surface area contributed by atoms with Gasteiger partial charge in [0.05, 0.1) is 6.10 Å². The Kier molecular flexibility index (Phi) is 7.09. The molecule has 2 unspecified atom stereocenters. The lowest BCUT2D eigenvalue weighted by atomic mass is 9.94. The summed E-state index contributed by atoms with van der Waals surface area (Å²) in [5, 5.41) is 0. The Hall–Kier alpha value is -0.120. The maximum Gasteiger partial charge on any atom is 0.0702 e. The van der Waals surface area contributed by atoms with Crippen LogP contribution in [0.3, 0.4) is 0 Å². The van der Waals surface area contributed by atoms with Gasteiger partial charge in [0.2, 0.25) is 0 Å². The molecule has 0 spiro atoms. The van der Waals surface area contributed by atoms with Gasteiger partial charge in [0.25, 0.3) is 0 Å². The number of likely N-dealkylation sites (N-methyl/N-ethyl adjacent to an activating group) is 1. The lowest BCUT2D eigenvalue weighted by Crippen LogP contribution is -2.31. The molecular weight excluding hydrogens is 212 g/mol. The lowest BCUT2D eigenvalue weighted by molar-refractivity contribution is 0.0793. The van der Waals surface area contributed by atoms with E-state index in [9.17, 15) is 0 Å². The van der Waals surface area contributed by atoms with E-state index in [4.69, 9.17) is 10.5 Å². The Morgan fingerprint density at radius 1 is 1.41 bits per heavy atom. The first-order valence-electron chi connectivity index (χ1n) is 7.12. The van der Waals surface area contributed by atoms with Crippen molar-refractivity contribution in [3.8, 4) is 0 Å². The van der Waals surface area contributed by atoms with Gasteiger partial charge in [-0.3, -0.25) is 0 Å². The third-order valence-corrected chi connectivity index (χ3v) is 3.60. The van der Waals surface area contributed by atoms with Crippen molar-refractivity contribution in [2.75, 3.05) is 33.3 Å². The second-order valence-electron chi connectivity index (χ2n) is 5.92. The van der Waals surface area contributed by atoms with E-state index in [0.29, 0.717) is 12.0 Å². The molecule has 1 aliphatic rings. The summed E-state index contributed by atoms with van der Waals surface area (Å²) in [6, 6.07) is 0. The zero-order valence-corrected chi connectivity index (χ0v) is 11.8. The molecule has 3 heteroatoms. The number of hydrogen-bond acceptors (Lipinski definition) is 3. The molecule has 2 atom stereocenters. The van der Waals surface area contributed by atoms with Gasteiger partial charge in [-0.2, -0.15) is 0 Å². The summed E-state index contributed by atoms with van der Waals surface area (Å²) >= 11 is 0. The Balaban J connectivity index is 2.14. The Bertz CT molecular complexity index is 191. The third-order valence-electron chi connectivity index (χ3n) is 3.60. The highest BCUT2D eigenvalue weighted by Gasteiger charge is 2.18. The SMILES string of the molecule is CC(C)CC(CN)CCN(C)CC1CCCO1. The second kappa shape index (κ2) is 8.06. The molecule has 1 aliphatic heterocycles. The fourth-order valence-corrected chi connectivity index (χ4v) is 2.63. The molecule has 1 saturated heterocycles. The van der Waals surface area contributed by atoms with Gasteiger partial charge in [0, 0.05) is 13.2 Å². The first-order chi connectivity index (χ1) is 8.11. The van der Waals surface area contributed by atoms with Crippen molar-refractivity contribution in [1.29, 1.82) is 0 Å². The van der Waals surface area contributed by atoms with Crippen molar-refractivity contribution in [3.63, 3.8) is 0 Å². The van der Waals surface area contributed by atoms with Crippen LogP contribution in [-0.4, -0.2) is 44.3 Å². The van der Waals surface area contributed by atoms with Crippen molar-refractivity contribution >= 4 is 0 Å². The fraction of sp³-hybridized carbons (Fsp3) is 1.00. The standard InChI is InChI=1S/C14H30N2O/c1-12(2)9-13(10-15)6-7-16(3)11-14-5-4-8-17-14/h12-14H,4-11,15H2,1-3H3. The van der Waals surface area contributed by atoms with Crippen molar-refractivity contribution in [3.05, 3.63) is 0 Å². The molecule has 3 nitrogen and oxygen atoms in total. The molecule has 0 amide bonds. The molecule has 0 aromatic carbocycles. The lowest BCUT2D eigenvalue weighted by Gasteiger charge is -2.23. The zero-order chi connectivity index (χ0) is 12.7. The highest BCUT2D eigenvalue weighted by Crippen LogP contribution is 2.16. The molecule has 0 radical (unpaired) electrons. The van der Waals surface area contributed by atoms with E-state index in [-0.39, 0.29) is 0 Å². The van der Waals surface area contributed by atoms with E-state index in [1.165, 1.54) is 25.7 Å². The van der Waals surface area contributed by atoms with Crippen molar-refractivity contribution in [2.45, 2.75) is 45.6 Å². The molecular formula is C14H30N2O. The van der Waals surface area contributed by atoms with E-state index >= 15 is 0 Å². The minimum absolute atomic E-state index is 0.474. The van der Waals surface area contributed by atoms with Crippen LogP contribution in [0.15, 0.2) is 0 Å². The predicted molar refractivity (Wildman–Crippen MR) is 73.1 cm³/mol. The average molecular weight is 242 g/mol. The van der Waals surface area contributed by atoms with Gasteiger partial charge in [-0.25, -0.2) is 0 Å². The third kappa shape index (κ3) is 6.39. The summed E-state index contributed by atoms with van der Waals surface area (Å²) < 4.78 is 5.65.